The summed E-state index contributed by atoms with van der Waals surface area (Å²) in [6, 6.07) is 0. The standard InChI is InChI=1S/C10H23NO/c1-5-10(12-4)8-6-7-9-11(2)3/h10H,5-9H2,1-4H3. The van der Waals surface area contributed by atoms with Crippen LogP contribution in [0, 0.1) is 0 Å². The molecule has 0 aromatic rings. The Balaban J connectivity index is 3.17. The summed E-state index contributed by atoms with van der Waals surface area (Å²) in [7, 11) is 6.04. The highest BCUT2D eigenvalue weighted by atomic mass is 16.5. The smallest absolute Gasteiger partial charge is 0.0568 e. The summed E-state index contributed by atoms with van der Waals surface area (Å²) >= 11 is 0. The third kappa shape index (κ3) is 6.62. The minimum absolute atomic E-state index is 0.479. The van der Waals surface area contributed by atoms with E-state index in [0.717, 1.165) is 6.42 Å². The molecule has 0 heterocycles. The molecule has 2 heteroatoms. The van der Waals surface area contributed by atoms with Crippen molar-refractivity contribution < 1.29 is 4.74 Å². The van der Waals surface area contributed by atoms with Crippen molar-refractivity contribution in [2.45, 2.75) is 38.7 Å². The second kappa shape index (κ2) is 7.56. The maximum atomic E-state index is 5.29. The molecule has 0 bridgehead atoms. The lowest BCUT2D eigenvalue weighted by atomic mass is 10.1. The largest absolute Gasteiger partial charge is 0.381 e. The second-order valence-corrected chi connectivity index (χ2v) is 3.57. The van der Waals surface area contributed by atoms with Crippen LogP contribution in [0.25, 0.3) is 0 Å². The van der Waals surface area contributed by atoms with Gasteiger partial charge in [-0.2, -0.15) is 0 Å². The molecule has 0 radical (unpaired) electrons. The van der Waals surface area contributed by atoms with Crippen molar-refractivity contribution >= 4 is 0 Å². The van der Waals surface area contributed by atoms with Gasteiger partial charge in [0.05, 0.1) is 6.10 Å². The van der Waals surface area contributed by atoms with Crippen molar-refractivity contribution in [1.29, 1.82) is 0 Å². The summed E-state index contributed by atoms with van der Waals surface area (Å²) in [5.74, 6) is 0. The van der Waals surface area contributed by atoms with Gasteiger partial charge in [-0.1, -0.05) is 6.92 Å². The van der Waals surface area contributed by atoms with Gasteiger partial charge in [0, 0.05) is 7.11 Å². The zero-order valence-electron chi connectivity index (χ0n) is 8.97. The first kappa shape index (κ1) is 11.9. The molecule has 0 aliphatic rings. The molecule has 0 saturated heterocycles. The van der Waals surface area contributed by atoms with E-state index in [2.05, 4.69) is 25.9 Å². The van der Waals surface area contributed by atoms with Crippen LogP contribution in [0.3, 0.4) is 0 Å². The SMILES string of the molecule is CCC(CCCCN(C)C)OC. The average molecular weight is 173 g/mol. The molecular weight excluding hydrogens is 150 g/mol. The Morgan fingerprint density at radius 3 is 2.33 bits per heavy atom. The van der Waals surface area contributed by atoms with Gasteiger partial charge in [0.1, 0.15) is 0 Å². The quantitative estimate of drug-likeness (QED) is 0.547. The molecule has 0 fully saturated rings. The van der Waals surface area contributed by atoms with Crippen LogP contribution in [-0.2, 0) is 4.74 Å². The summed E-state index contributed by atoms with van der Waals surface area (Å²) in [4.78, 5) is 2.23. The number of hydrogen-bond acceptors (Lipinski definition) is 2. The van der Waals surface area contributed by atoms with Crippen LogP contribution in [0.2, 0.25) is 0 Å². The third-order valence-corrected chi connectivity index (χ3v) is 2.17. The van der Waals surface area contributed by atoms with Crippen LogP contribution >= 0.6 is 0 Å². The lowest BCUT2D eigenvalue weighted by molar-refractivity contribution is 0.0893. The summed E-state index contributed by atoms with van der Waals surface area (Å²) in [5, 5.41) is 0. The van der Waals surface area contributed by atoms with Gasteiger partial charge in [0.15, 0.2) is 0 Å². The number of rotatable bonds is 7. The fourth-order valence-electron chi connectivity index (χ4n) is 1.29. The second-order valence-electron chi connectivity index (χ2n) is 3.57. The Labute approximate surface area is 76.9 Å². The maximum Gasteiger partial charge on any atom is 0.0568 e. The van der Waals surface area contributed by atoms with Gasteiger partial charge in [-0.05, 0) is 46.3 Å². The van der Waals surface area contributed by atoms with Gasteiger partial charge in [0.2, 0.25) is 0 Å². The predicted molar refractivity (Wildman–Crippen MR) is 53.5 cm³/mol. The van der Waals surface area contributed by atoms with Crippen molar-refractivity contribution in [1.82, 2.24) is 4.90 Å². The zero-order chi connectivity index (χ0) is 9.40. The summed E-state index contributed by atoms with van der Waals surface area (Å²) in [6.45, 7) is 3.38. The van der Waals surface area contributed by atoms with Crippen molar-refractivity contribution in [3.05, 3.63) is 0 Å². The van der Waals surface area contributed by atoms with Crippen LogP contribution in [0.15, 0.2) is 0 Å². The minimum atomic E-state index is 0.479. The van der Waals surface area contributed by atoms with Crippen molar-refractivity contribution in [3.8, 4) is 0 Å². The van der Waals surface area contributed by atoms with Crippen molar-refractivity contribution in [2.24, 2.45) is 0 Å². The molecular formula is C10H23NO. The molecule has 0 spiro atoms. The molecule has 12 heavy (non-hydrogen) atoms. The van der Waals surface area contributed by atoms with Crippen LogP contribution in [0.4, 0.5) is 0 Å². The van der Waals surface area contributed by atoms with Gasteiger partial charge in [-0.25, -0.2) is 0 Å². The number of ether oxygens (including phenoxy) is 1. The summed E-state index contributed by atoms with van der Waals surface area (Å²) < 4.78 is 5.29. The van der Waals surface area contributed by atoms with E-state index in [1.807, 2.05) is 0 Å². The molecule has 74 valence electrons. The highest BCUT2D eigenvalue weighted by molar-refractivity contribution is 4.55. The summed E-state index contributed by atoms with van der Waals surface area (Å²) in [6.07, 6.45) is 5.39. The van der Waals surface area contributed by atoms with E-state index >= 15 is 0 Å². The van der Waals surface area contributed by atoms with E-state index in [0.29, 0.717) is 6.10 Å². The molecule has 1 atom stereocenters. The fourth-order valence-corrected chi connectivity index (χ4v) is 1.29. The van der Waals surface area contributed by atoms with Crippen LogP contribution < -0.4 is 0 Å². The van der Waals surface area contributed by atoms with E-state index in [9.17, 15) is 0 Å². The zero-order valence-corrected chi connectivity index (χ0v) is 8.97. The first-order valence-corrected chi connectivity index (χ1v) is 4.88. The van der Waals surface area contributed by atoms with Crippen molar-refractivity contribution in [2.75, 3.05) is 27.7 Å². The number of nitrogens with zero attached hydrogens (tertiary/aromatic N) is 1. The molecule has 2 nitrogen and oxygen atoms in total. The molecule has 0 amide bonds. The monoisotopic (exact) mass is 173 g/mol. The lowest BCUT2D eigenvalue weighted by Crippen LogP contribution is -2.14. The van der Waals surface area contributed by atoms with Gasteiger partial charge in [0.25, 0.3) is 0 Å². The van der Waals surface area contributed by atoms with Crippen LogP contribution in [0.5, 0.6) is 0 Å². The van der Waals surface area contributed by atoms with E-state index in [1.165, 1.54) is 25.8 Å². The first-order valence-electron chi connectivity index (χ1n) is 4.88. The Bertz CT molecular complexity index is 89.8. The summed E-state index contributed by atoms with van der Waals surface area (Å²) in [5.41, 5.74) is 0. The lowest BCUT2D eigenvalue weighted by Gasteiger charge is -2.13. The normalized spacial score (nSPS) is 13.8. The van der Waals surface area contributed by atoms with Crippen LogP contribution in [0.1, 0.15) is 32.6 Å². The highest BCUT2D eigenvalue weighted by Crippen LogP contribution is 2.07. The predicted octanol–water partition coefficient (Wildman–Crippen LogP) is 2.14. The number of methoxy groups -OCH3 is 1. The molecule has 0 aromatic carbocycles. The Morgan fingerprint density at radius 1 is 1.25 bits per heavy atom. The Hall–Kier alpha value is -0.0800. The Morgan fingerprint density at radius 2 is 1.92 bits per heavy atom. The van der Waals surface area contributed by atoms with Gasteiger partial charge in [-0.3, -0.25) is 0 Å². The molecule has 0 aromatic heterocycles. The molecule has 1 unspecified atom stereocenters. The van der Waals surface area contributed by atoms with E-state index in [-0.39, 0.29) is 0 Å². The molecule has 0 saturated carbocycles. The fraction of sp³-hybridized carbons (Fsp3) is 1.00. The first-order chi connectivity index (χ1) is 5.70. The molecule has 0 aliphatic heterocycles. The highest BCUT2D eigenvalue weighted by Gasteiger charge is 2.02. The molecule has 0 N–H and O–H groups in total. The third-order valence-electron chi connectivity index (χ3n) is 2.17. The molecule has 0 aliphatic carbocycles. The van der Waals surface area contributed by atoms with Gasteiger partial charge >= 0.3 is 0 Å². The van der Waals surface area contributed by atoms with Gasteiger partial charge in [-0.15, -0.1) is 0 Å². The van der Waals surface area contributed by atoms with E-state index in [4.69, 9.17) is 4.74 Å². The molecule has 0 rings (SSSR count). The number of hydrogen-bond donors (Lipinski definition) is 0. The average Bonchev–Trinajstić information content (AvgIpc) is 2.04. The van der Waals surface area contributed by atoms with E-state index < -0.39 is 0 Å². The van der Waals surface area contributed by atoms with Gasteiger partial charge < -0.3 is 9.64 Å². The Kier molecular flexibility index (Phi) is 7.51. The maximum absolute atomic E-state index is 5.29. The van der Waals surface area contributed by atoms with Crippen molar-refractivity contribution in [3.63, 3.8) is 0 Å². The van der Waals surface area contributed by atoms with Crippen LogP contribution in [-0.4, -0.2) is 38.8 Å². The topological polar surface area (TPSA) is 12.5 Å². The van der Waals surface area contributed by atoms with E-state index in [1.54, 1.807) is 7.11 Å². The minimum Gasteiger partial charge on any atom is -0.381 e. The number of unbranched alkanes of at least 4 members (excludes halogenated alkanes) is 1.